The van der Waals surface area contributed by atoms with Crippen molar-refractivity contribution < 1.29 is 13.9 Å². The molecule has 0 aromatic carbocycles. The van der Waals surface area contributed by atoms with Gasteiger partial charge in [0.2, 0.25) is 6.43 Å². The highest BCUT2D eigenvalue weighted by Gasteiger charge is 2.43. The standard InChI is InChI=1S/C5H8F2O/c6-5(7)4-1-3(4)2-8/h3-5,8H,1-2H2. The largest absolute Gasteiger partial charge is 0.396 e. The second-order valence-electron chi connectivity index (χ2n) is 2.18. The predicted molar refractivity (Wildman–Crippen MR) is 24.7 cm³/mol. The van der Waals surface area contributed by atoms with E-state index in [4.69, 9.17) is 5.11 Å². The van der Waals surface area contributed by atoms with Crippen LogP contribution in [0.2, 0.25) is 0 Å². The fraction of sp³-hybridized carbons (Fsp3) is 1.00. The molecule has 1 nitrogen and oxygen atoms in total. The summed E-state index contributed by atoms with van der Waals surface area (Å²) in [5, 5.41) is 8.29. The van der Waals surface area contributed by atoms with E-state index < -0.39 is 12.3 Å². The van der Waals surface area contributed by atoms with Crippen LogP contribution in [0.1, 0.15) is 6.42 Å². The van der Waals surface area contributed by atoms with Crippen LogP contribution in [0.3, 0.4) is 0 Å². The van der Waals surface area contributed by atoms with Crippen LogP contribution >= 0.6 is 0 Å². The summed E-state index contributed by atoms with van der Waals surface area (Å²) in [4.78, 5) is 0. The first kappa shape index (κ1) is 5.95. The van der Waals surface area contributed by atoms with Crippen LogP contribution in [-0.2, 0) is 0 Å². The van der Waals surface area contributed by atoms with Gasteiger partial charge in [-0.2, -0.15) is 0 Å². The zero-order valence-electron chi connectivity index (χ0n) is 4.35. The minimum Gasteiger partial charge on any atom is -0.396 e. The van der Waals surface area contributed by atoms with E-state index in [0.717, 1.165) is 0 Å². The maximum absolute atomic E-state index is 11.5. The average molecular weight is 122 g/mol. The maximum atomic E-state index is 11.5. The number of halogens is 2. The molecule has 48 valence electrons. The molecule has 1 aliphatic rings. The summed E-state index contributed by atoms with van der Waals surface area (Å²) in [5.74, 6) is -0.602. The summed E-state index contributed by atoms with van der Waals surface area (Å²) in [6.07, 6.45) is -1.71. The average Bonchev–Trinajstić information content (AvgIpc) is 2.42. The Hall–Kier alpha value is -0.180. The highest BCUT2D eigenvalue weighted by molar-refractivity contribution is 4.86. The number of hydrogen-bond acceptors (Lipinski definition) is 1. The van der Waals surface area contributed by atoms with Crippen LogP contribution in [0.4, 0.5) is 8.78 Å². The molecule has 0 aromatic heterocycles. The molecule has 0 radical (unpaired) electrons. The quantitative estimate of drug-likeness (QED) is 0.576. The molecule has 0 amide bonds. The van der Waals surface area contributed by atoms with Crippen molar-refractivity contribution in [1.82, 2.24) is 0 Å². The smallest absolute Gasteiger partial charge is 0.241 e. The molecule has 3 heteroatoms. The van der Waals surface area contributed by atoms with Gasteiger partial charge in [-0.05, 0) is 12.3 Å². The summed E-state index contributed by atoms with van der Waals surface area (Å²) in [5.41, 5.74) is 0. The Kier molecular flexibility index (Phi) is 1.47. The molecular formula is C5H8F2O. The molecule has 1 fully saturated rings. The molecule has 0 saturated heterocycles. The van der Waals surface area contributed by atoms with Gasteiger partial charge in [0, 0.05) is 12.5 Å². The molecule has 0 bridgehead atoms. The van der Waals surface area contributed by atoms with Gasteiger partial charge < -0.3 is 5.11 Å². The molecular weight excluding hydrogens is 114 g/mol. The molecule has 1 aliphatic carbocycles. The van der Waals surface area contributed by atoms with Crippen molar-refractivity contribution in [2.24, 2.45) is 11.8 Å². The van der Waals surface area contributed by atoms with E-state index in [0.29, 0.717) is 6.42 Å². The Morgan fingerprint density at radius 1 is 1.62 bits per heavy atom. The molecule has 8 heavy (non-hydrogen) atoms. The van der Waals surface area contributed by atoms with E-state index in [1.165, 1.54) is 0 Å². The summed E-state index contributed by atoms with van der Waals surface area (Å²) in [6, 6.07) is 0. The monoisotopic (exact) mass is 122 g/mol. The molecule has 1 saturated carbocycles. The van der Waals surface area contributed by atoms with Gasteiger partial charge in [-0.25, -0.2) is 8.78 Å². The van der Waals surface area contributed by atoms with Gasteiger partial charge in [0.05, 0.1) is 0 Å². The Morgan fingerprint density at radius 2 is 2.25 bits per heavy atom. The van der Waals surface area contributed by atoms with E-state index in [2.05, 4.69) is 0 Å². The second-order valence-corrected chi connectivity index (χ2v) is 2.18. The SMILES string of the molecule is OCC1CC1C(F)F. The minimum absolute atomic E-state index is 0.0744. The highest BCUT2D eigenvalue weighted by Crippen LogP contribution is 2.42. The molecule has 0 aromatic rings. The lowest BCUT2D eigenvalue weighted by atomic mass is 10.3. The van der Waals surface area contributed by atoms with Crippen LogP contribution in [-0.4, -0.2) is 18.1 Å². The first-order chi connectivity index (χ1) is 3.75. The predicted octanol–water partition coefficient (Wildman–Crippen LogP) is 0.880. The third-order valence-corrected chi connectivity index (χ3v) is 1.54. The summed E-state index contributed by atoms with van der Waals surface area (Å²) >= 11 is 0. The highest BCUT2D eigenvalue weighted by atomic mass is 19.3. The number of rotatable bonds is 2. The zero-order chi connectivity index (χ0) is 6.15. The van der Waals surface area contributed by atoms with Crippen molar-refractivity contribution >= 4 is 0 Å². The van der Waals surface area contributed by atoms with Crippen molar-refractivity contribution in [2.75, 3.05) is 6.61 Å². The van der Waals surface area contributed by atoms with Crippen molar-refractivity contribution in [3.8, 4) is 0 Å². The van der Waals surface area contributed by atoms with E-state index in [-0.39, 0.29) is 12.5 Å². The second kappa shape index (κ2) is 1.97. The molecule has 0 spiro atoms. The van der Waals surface area contributed by atoms with Gasteiger partial charge in [0.1, 0.15) is 0 Å². The first-order valence-corrected chi connectivity index (χ1v) is 2.64. The summed E-state index contributed by atoms with van der Waals surface area (Å²) in [6.45, 7) is -0.0744. The number of hydrogen-bond donors (Lipinski definition) is 1. The van der Waals surface area contributed by atoms with Crippen molar-refractivity contribution in [3.63, 3.8) is 0 Å². The van der Waals surface area contributed by atoms with E-state index in [1.807, 2.05) is 0 Å². The Morgan fingerprint density at radius 3 is 2.38 bits per heavy atom. The molecule has 2 unspecified atom stereocenters. The number of aliphatic hydroxyl groups excluding tert-OH is 1. The van der Waals surface area contributed by atoms with Crippen LogP contribution < -0.4 is 0 Å². The van der Waals surface area contributed by atoms with E-state index in [9.17, 15) is 8.78 Å². The first-order valence-electron chi connectivity index (χ1n) is 2.64. The zero-order valence-corrected chi connectivity index (χ0v) is 4.35. The van der Waals surface area contributed by atoms with Crippen molar-refractivity contribution in [1.29, 1.82) is 0 Å². The molecule has 1 N–H and O–H groups in total. The lowest BCUT2D eigenvalue weighted by Gasteiger charge is -1.91. The van der Waals surface area contributed by atoms with Crippen LogP contribution in [0.25, 0.3) is 0 Å². The van der Waals surface area contributed by atoms with Crippen LogP contribution in [0.15, 0.2) is 0 Å². The minimum atomic E-state index is -2.22. The van der Waals surface area contributed by atoms with Crippen molar-refractivity contribution in [3.05, 3.63) is 0 Å². The third kappa shape index (κ3) is 0.968. The normalized spacial score (nSPS) is 36.0. The van der Waals surface area contributed by atoms with Gasteiger partial charge in [-0.15, -0.1) is 0 Å². The van der Waals surface area contributed by atoms with Gasteiger partial charge in [-0.1, -0.05) is 0 Å². The Bertz CT molecular complexity index is 84.5. The number of aliphatic hydroxyl groups is 1. The summed E-state index contributed by atoms with van der Waals surface area (Å²) in [7, 11) is 0. The van der Waals surface area contributed by atoms with Gasteiger partial charge in [0.25, 0.3) is 0 Å². The molecule has 0 aliphatic heterocycles. The fourth-order valence-electron chi connectivity index (χ4n) is 0.790. The van der Waals surface area contributed by atoms with Gasteiger partial charge in [-0.3, -0.25) is 0 Å². The Balaban J connectivity index is 2.16. The van der Waals surface area contributed by atoms with E-state index >= 15 is 0 Å². The fourth-order valence-corrected chi connectivity index (χ4v) is 0.790. The van der Waals surface area contributed by atoms with Crippen molar-refractivity contribution in [2.45, 2.75) is 12.8 Å². The Labute approximate surface area is 46.3 Å². The number of alkyl halides is 2. The van der Waals surface area contributed by atoms with Crippen LogP contribution in [0.5, 0.6) is 0 Å². The van der Waals surface area contributed by atoms with Crippen LogP contribution in [0, 0.1) is 11.8 Å². The van der Waals surface area contributed by atoms with Gasteiger partial charge >= 0.3 is 0 Å². The topological polar surface area (TPSA) is 20.2 Å². The lowest BCUT2D eigenvalue weighted by molar-refractivity contribution is 0.108. The maximum Gasteiger partial charge on any atom is 0.241 e. The molecule has 1 rings (SSSR count). The molecule has 0 heterocycles. The lowest BCUT2D eigenvalue weighted by Crippen LogP contribution is -1.97. The molecule has 2 atom stereocenters. The van der Waals surface area contributed by atoms with Gasteiger partial charge in [0.15, 0.2) is 0 Å². The third-order valence-electron chi connectivity index (χ3n) is 1.54. The summed E-state index contributed by atoms with van der Waals surface area (Å²) < 4.78 is 23.1. The van der Waals surface area contributed by atoms with E-state index in [1.54, 1.807) is 0 Å².